The molecular formula is C24H32N2O5. The number of carbonyl (C=O) groups excluding carboxylic acids is 2. The molecule has 3 heterocycles. The molecule has 168 valence electrons. The fourth-order valence-electron chi connectivity index (χ4n) is 4.67. The summed E-state index contributed by atoms with van der Waals surface area (Å²) in [5.74, 6) is -0.187. The Labute approximate surface area is 183 Å². The van der Waals surface area contributed by atoms with Crippen molar-refractivity contribution in [2.24, 2.45) is 5.41 Å². The number of H-pyrrole nitrogens is 1. The highest BCUT2D eigenvalue weighted by atomic mass is 16.7. The molecule has 0 spiro atoms. The van der Waals surface area contributed by atoms with Crippen LogP contribution in [-0.4, -0.2) is 60.8 Å². The van der Waals surface area contributed by atoms with Crippen molar-refractivity contribution in [3.63, 3.8) is 0 Å². The van der Waals surface area contributed by atoms with E-state index < -0.39 is 6.04 Å². The average Bonchev–Trinajstić information content (AvgIpc) is 3.12. The van der Waals surface area contributed by atoms with Crippen LogP contribution in [0.5, 0.6) is 0 Å². The molecule has 2 aliphatic rings. The Morgan fingerprint density at radius 2 is 1.94 bits per heavy atom. The Bertz CT molecular complexity index is 956. The minimum absolute atomic E-state index is 0.0157. The number of para-hydroxylation sites is 1. The van der Waals surface area contributed by atoms with Gasteiger partial charge >= 0.3 is 5.97 Å². The van der Waals surface area contributed by atoms with Crippen molar-refractivity contribution in [1.82, 2.24) is 9.88 Å². The predicted octanol–water partition coefficient (Wildman–Crippen LogP) is 3.38. The number of ketones is 1. The maximum atomic E-state index is 12.8. The fourth-order valence-corrected chi connectivity index (χ4v) is 4.67. The molecule has 1 aromatic heterocycles. The molecule has 1 saturated heterocycles. The van der Waals surface area contributed by atoms with Gasteiger partial charge in [-0.3, -0.25) is 14.5 Å². The normalized spacial score (nSPS) is 24.1. The minimum Gasteiger partial charge on any atom is -0.468 e. The molecule has 7 nitrogen and oxygen atoms in total. The van der Waals surface area contributed by atoms with Crippen LogP contribution >= 0.6 is 0 Å². The van der Waals surface area contributed by atoms with Gasteiger partial charge < -0.3 is 19.2 Å². The van der Waals surface area contributed by atoms with Crippen LogP contribution in [0.2, 0.25) is 0 Å². The SMILES string of the molecule is COC(=O)[C@@H]1Cc2c([nH]c3ccccc23)[C@@H](CC2OCC(C)(C)CO2)N1CCC(C)=O. The van der Waals surface area contributed by atoms with E-state index in [1.165, 1.54) is 7.11 Å². The van der Waals surface area contributed by atoms with Crippen LogP contribution in [-0.2, 0) is 30.2 Å². The molecule has 7 heteroatoms. The van der Waals surface area contributed by atoms with Crippen molar-refractivity contribution in [2.75, 3.05) is 26.9 Å². The molecule has 31 heavy (non-hydrogen) atoms. The van der Waals surface area contributed by atoms with Gasteiger partial charge in [0.25, 0.3) is 0 Å². The maximum absolute atomic E-state index is 12.8. The van der Waals surface area contributed by atoms with Crippen LogP contribution in [0, 0.1) is 5.41 Å². The van der Waals surface area contributed by atoms with Crippen molar-refractivity contribution in [1.29, 1.82) is 0 Å². The first-order valence-electron chi connectivity index (χ1n) is 10.9. The number of fused-ring (bicyclic) bond motifs is 3. The second kappa shape index (κ2) is 8.73. The summed E-state index contributed by atoms with van der Waals surface area (Å²) < 4.78 is 17.2. The zero-order valence-electron chi connectivity index (χ0n) is 18.8. The molecule has 0 bridgehead atoms. The van der Waals surface area contributed by atoms with E-state index in [0.717, 1.165) is 22.2 Å². The standard InChI is InChI=1S/C24H32N2O5/c1-15(27)9-10-26-19(12-21-30-13-24(2,3)14-31-21)22-17(11-20(26)23(28)29-4)16-7-5-6-8-18(16)25-22/h5-8,19-21,25H,9-14H2,1-4H3/t19-,20+/m1/s1. The number of hydrogen-bond acceptors (Lipinski definition) is 6. The number of Topliss-reactive ketones (excluding diaryl/α,β-unsaturated/α-hetero) is 1. The summed E-state index contributed by atoms with van der Waals surface area (Å²) >= 11 is 0. The lowest BCUT2D eigenvalue weighted by molar-refractivity contribution is -0.230. The third-order valence-electron chi connectivity index (χ3n) is 6.31. The summed E-state index contributed by atoms with van der Waals surface area (Å²) in [6, 6.07) is 7.54. The van der Waals surface area contributed by atoms with Gasteiger partial charge in [0.05, 0.1) is 26.4 Å². The number of aromatic nitrogens is 1. The molecule has 0 radical (unpaired) electrons. The van der Waals surface area contributed by atoms with Gasteiger partial charge in [0, 0.05) is 47.8 Å². The van der Waals surface area contributed by atoms with Gasteiger partial charge in [0.2, 0.25) is 0 Å². The number of rotatable bonds is 6. The summed E-state index contributed by atoms with van der Waals surface area (Å²) in [6.45, 7) is 7.54. The van der Waals surface area contributed by atoms with E-state index in [4.69, 9.17) is 14.2 Å². The number of hydrogen-bond donors (Lipinski definition) is 1. The molecule has 0 saturated carbocycles. The topological polar surface area (TPSA) is 80.9 Å². The Morgan fingerprint density at radius 1 is 1.23 bits per heavy atom. The predicted molar refractivity (Wildman–Crippen MR) is 117 cm³/mol. The first-order valence-corrected chi connectivity index (χ1v) is 10.9. The molecule has 0 aliphatic carbocycles. The number of benzene rings is 1. The zero-order chi connectivity index (χ0) is 22.2. The maximum Gasteiger partial charge on any atom is 0.323 e. The lowest BCUT2D eigenvalue weighted by Crippen LogP contribution is -2.51. The van der Waals surface area contributed by atoms with E-state index in [-0.39, 0.29) is 29.5 Å². The number of esters is 1. The lowest BCUT2D eigenvalue weighted by Gasteiger charge is -2.43. The summed E-state index contributed by atoms with van der Waals surface area (Å²) in [4.78, 5) is 30.3. The fraction of sp³-hybridized carbons (Fsp3) is 0.583. The van der Waals surface area contributed by atoms with Gasteiger partial charge in [0.1, 0.15) is 11.8 Å². The molecule has 0 amide bonds. The molecule has 2 atom stereocenters. The van der Waals surface area contributed by atoms with E-state index in [2.05, 4.69) is 29.8 Å². The van der Waals surface area contributed by atoms with Gasteiger partial charge in [-0.2, -0.15) is 0 Å². The first kappa shape index (κ1) is 22.0. The molecule has 1 fully saturated rings. The third kappa shape index (κ3) is 4.54. The van der Waals surface area contributed by atoms with E-state index in [1.807, 2.05) is 18.2 Å². The Kier molecular flexibility index (Phi) is 6.19. The molecule has 1 aromatic carbocycles. The summed E-state index contributed by atoms with van der Waals surface area (Å²) in [5, 5.41) is 1.12. The lowest BCUT2D eigenvalue weighted by atomic mass is 9.89. The Hall–Kier alpha value is -2.22. The smallest absolute Gasteiger partial charge is 0.323 e. The second-order valence-electron chi connectivity index (χ2n) is 9.46. The monoisotopic (exact) mass is 428 g/mol. The van der Waals surface area contributed by atoms with Gasteiger partial charge in [-0.1, -0.05) is 32.0 Å². The van der Waals surface area contributed by atoms with Crippen LogP contribution in [0.3, 0.4) is 0 Å². The molecule has 4 rings (SSSR count). The number of ether oxygens (including phenoxy) is 3. The molecule has 1 N–H and O–H groups in total. The van der Waals surface area contributed by atoms with Crippen LogP contribution in [0.25, 0.3) is 10.9 Å². The van der Waals surface area contributed by atoms with Crippen LogP contribution in [0.1, 0.15) is 50.9 Å². The largest absolute Gasteiger partial charge is 0.468 e. The van der Waals surface area contributed by atoms with Crippen LogP contribution in [0.15, 0.2) is 24.3 Å². The molecule has 2 aromatic rings. The Balaban J connectivity index is 1.72. The third-order valence-corrected chi connectivity index (χ3v) is 6.31. The number of aromatic amines is 1. The van der Waals surface area contributed by atoms with Crippen molar-refractivity contribution < 1.29 is 23.8 Å². The molecule has 2 aliphatic heterocycles. The number of nitrogens with one attached hydrogen (secondary N) is 1. The van der Waals surface area contributed by atoms with Crippen molar-refractivity contribution in [2.45, 2.75) is 58.4 Å². The van der Waals surface area contributed by atoms with E-state index in [0.29, 0.717) is 39.0 Å². The van der Waals surface area contributed by atoms with Crippen LogP contribution < -0.4 is 0 Å². The summed E-state index contributed by atoms with van der Waals surface area (Å²) in [5.41, 5.74) is 3.23. The molecule has 0 unspecified atom stereocenters. The highest BCUT2D eigenvalue weighted by molar-refractivity contribution is 5.87. The number of methoxy groups -OCH3 is 1. The average molecular weight is 429 g/mol. The highest BCUT2D eigenvalue weighted by Gasteiger charge is 2.42. The quantitative estimate of drug-likeness (QED) is 0.711. The van der Waals surface area contributed by atoms with Crippen molar-refractivity contribution >= 4 is 22.7 Å². The van der Waals surface area contributed by atoms with E-state index >= 15 is 0 Å². The van der Waals surface area contributed by atoms with Gasteiger partial charge in [0.15, 0.2) is 6.29 Å². The van der Waals surface area contributed by atoms with Crippen molar-refractivity contribution in [3.05, 3.63) is 35.5 Å². The van der Waals surface area contributed by atoms with Gasteiger partial charge in [-0.05, 0) is 18.6 Å². The summed E-state index contributed by atoms with van der Waals surface area (Å²) in [7, 11) is 1.42. The van der Waals surface area contributed by atoms with Crippen molar-refractivity contribution in [3.8, 4) is 0 Å². The second-order valence-corrected chi connectivity index (χ2v) is 9.46. The van der Waals surface area contributed by atoms with E-state index in [1.54, 1.807) is 6.92 Å². The van der Waals surface area contributed by atoms with Gasteiger partial charge in [-0.25, -0.2) is 0 Å². The van der Waals surface area contributed by atoms with Gasteiger partial charge in [-0.15, -0.1) is 0 Å². The number of nitrogens with zero attached hydrogens (tertiary/aromatic N) is 1. The minimum atomic E-state index is -0.457. The zero-order valence-corrected chi connectivity index (χ0v) is 18.8. The van der Waals surface area contributed by atoms with E-state index in [9.17, 15) is 9.59 Å². The number of carbonyl (C=O) groups is 2. The first-order chi connectivity index (χ1) is 14.8. The Morgan fingerprint density at radius 3 is 2.61 bits per heavy atom. The molecular weight excluding hydrogens is 396 g/mol. The van der Waals surface area contributed by atoms with Crippen LogP contribution in [0.4, 0.5) is 0 Å². The highest BCUT2D eigenvalue weighted by Crippen LogP contribution is 2.41. The summed E-state index contributed by atoms with van der Waals surface area (Å²) in [6.07, 6.45) is 1.12.